The summed E-state index contributed by atoms with van der Waals surface area (Å²) in [6.07, 6.45) is 1.01. The number of likely N-dealkylation sites (N-methyl/N-ethyl adjacent to an activating group) is 1. The van der Waals surface area contributed by atoms with Gasteiger partial charge in [0.1, 0.15) is 0 Å². The second-order valence-corrected chi connectivity index (χ2v) is 3.36. The summed E-state index contributed by atoms with van der Waals surface area (Å²) in [6.45, 7) is 5.04. The topological polar surface area (TPSA) is 41.1 Å². The van der Waals surface area contributed by atoms with E-state index in [-0.39, 0.29) is 5.91 Å². The van der Waals surface area contributed by atoms with Gasteiger partial charge in [-0.3, -0.25) is 4.79 Å². The maximum atomic E-state index is 11.2. The molecule has 0 bridgehead atoms. The third-order valence-corrected chi connectivity index (χ3v) is 2.16. The van der Waals surface area contributed by atoms with E-state index in [0.717, 1.165) is 12.1 Å². The number of hydrogen-bond acceptors (Lipinski definition) is 2. The molecular formula is C12H18N2O. The van der Waals surface area contributed by atoms with Crippen molar-refractivity contribution in [2.45, 2.75) is 20.3 Å². The van der Waals surface area contributed by atoms with Crippen LogP contribution in [-0.2, 0) is 11.2 Å². The van der Waals surface area contributed by atoms with Crippen molar-refractivity contribution in [3.8, 4) is 0 Å². The standard InChI is InChI=1S/C12H18N2O/c1-3-10-6-5-7-11(8-10)14-9-12(15)13-4-2/h5-8,14H,3-4,9H2,1-2H3,(H,13,15). The van der Waals surface area contributed by atoms with E-state index in [2.05, 4.69) is 29.7 Å². The van der Waals surface area contributed by atoms with E-state index in [1.807, 2.05) is 19.1 Å². The third kappa shape index (κ3) is 4.02. The van der Waals surface area contributed by atoms with Crippen LogP contribution in [0.1, 0.15) is 19.4 Å². The Morgan fingerprint density at radius 2 is 2.13 bits per heavy atom. The average molecular weight is 206 g/mol. The van der Waals surface area contributed by atoms with Crippen LogP contribution in [0.2, 0.25) is 0 Å². The Hall–Kier alpha value is -1.51. The average Bonchev–Trinajstić information content (AvgIpc) is 2.27. The molecule has 1 rings (SSSR count). The summed E-state index contributed by atoms with van der Waals surface area (Å²) in [6, 6.07) is 8.12. The number of aryl methyl sites for hydroxylation is 1. The molecule has 3 heteroatoms. The lowest BCUT2D eigenvalue weighted by atomic mass is 10.1. The van der Waals surface area contributed by atoms with Gasteiger partial charge in [-0.25, -0.2) is 0 Å². The van der Waals surface area contributed by atoms with Crippen LogP contribution < -0.4 is 10.6 Å². The number of carbonyl (C=O) groups excluding carboxylic acids is 1. The molecular weight excluding hydrogens is 188 g/mol. The van der Waals surface area contributed by atoms with Gasteiger partial charge in [0.15, 0.2) is 0 Å². The Morgan fingerprint density at radius 1 is 1.33 bits per heavy atom. The van der Waals surface area contributed by atoms with Gasteiger partial charge in [0.05, 0.1) is 6.54 Å². The lowest BCUT2D eigenvalue weighted by Gasteiger charge is -2.07. The molecule has 0 fully saturated rings. The maximum absolute atomic E-state index is 11.2. The van der Waals surface area contributed by atoms with Gasteiger partial charge in [0, 0.05) is 12.2 Å². The van der Waals surface area contributed by atoms with Gasteiger partial charge in [-0.15, -0.1) is 0 Å². The van der Waals surface area contributed by atoms with E-state index in [0.29, 0.717) is 13.1 Å². The van der Waals surface area contributed by atoms with Gasteiger partial charge in [-0.05, 0) is 31.0 Å². The Balaban J connectivity index is 2.46. The zero-order valence-electron chi connectivity index (χ0n) is 9.34. The number of rotatable bonds is 5. The summed E-state index contributed by atoms with van der Waals surface area (Å²) >= 11 is 0. The van der Waals surface area contributed by atoms with Crippen LogP contribution in [0, 0.1) is 0 Å². The summed E-state index contributed by atoms with van der Waals surface area (Å²) in [7, 11) is 0. The molecule has 0 spiro atoms. The minimum absolute atomic E-state index is 0.0272. The molecule has 1 aromatic carbocycles. The van der Waals surface area contributed by atoms with E-state index in [4.69, 9.17) is 0 Å². The minimum Gasteiger partial charge on any atom is -0.376 e. The first kappa shape index (κ1) is 11.6. The zero-order valence-corrected chi connectivity index (χ0v) is 9.34. The van der Waals surface area contributed by atoms with Crippen LogP contribution >= 0.6 is 0 Å². The highest BCUT2D eigenvalue weighted by atomic mass is 16.1. The van der Waals surface area contributed by atoms with Crippen molar-refractivity contribution in [2.75, 3.05) is 18.4 Å². The molecule has 3 nitrogen and oxygen atoms in total. The monoisotopic (exact) mass is 206 g/mol. The molecule has 82 valence electrons. The highest BCUT2D eigenvalue weighted by Gasteiger charge is 1.99. The van der Waals surface area contributed by atoms with E-state index in [1.54, 1.807) is 0 Å². The Labute approximate surface area is 90.9 Å². The number of amides is 1. The maximum Gasteiger partial charge on any atom is 0.239 e. The van der Waals surface area contributed by atoms with E-state index in [1.165, 1.54) is 5.56 Å². The number of anilines is 1. The van der Waals surface area contributed by atoms with Gasteiger partial charge >= 0.3 is 0 Å². The fraction of sp³-hybridized carbons (Fsp3) is 0.417. The molecule has 0 aliphatic carbocycles. The Morgan fingerprint density at radius 3 is 2.80 bits per heavy atom. The largest absolute Gasteiger partial charge is 0.376 e. The summed E-state index contributed by atoms with van der Waals surface area (Å²) in [5.74, 6) is 0.0272. The predicted molar refractivity (Wildman–Crippen MR) is 63.0 cm³/mol. The van der Waals surface area contributed by atoms with Crippen LogP contribution in [0.25, 0.3) is 0 Å². The van der Waals surface area contributed by atoms with Crippen molar-refractivity contribution < 1.29 is 4.79 Å². The smallest absolute Gasteiger partial charge is 0.239 e. The van der Waals surface area contributed by atoms with Crippen LogP contribution in [0.3, 0.4) is 0 Å². The molecule has 1 amide bonds. The van der Waals surface area contributed by atoms with Gasteiger partial charge in [0.25, 0.3) is 0 Å². The molecule has 0 aliphatic heterocycles. The molecule has 2 N–H and O–H groups in total. The lowest BCUT2D eigenvalue weighted by Crippen LogP contribution is -2.29. The van der Waals surface area contributed by atoms with Crippen molar-refractivity contribution in [1.82, 2.24) is 5.32 Å². The molecule has 0 saturated carbocycles. The summed E-state index contributed by atoms with van der Waals surface area (Å²) in [5.41, 5.74) is 2.27. The van der Waals surface area contributed by atoms with Crippen molar-refractivity contribution >= 4 is 11.6 Å². The number of benzene rings is 1. The molecule has 0 atom stereocenters. The highest BCUT2D eigenvalue weighted by Crippen LogP contribution is 2.10. The fourth-order valence-corrected chi connectivity index (χ4v) is 1.34. The van der Waals surface area contributed by atoms with Crippen molar-refractivity contribution in [3.63, 3.8) is 0 Å². The minimum atomic E-state index is 0.0272. The molecule has 0 radical (unpaired) electrons. The van der Waals surface area contributed by atoms with Crippen LogP contribution in [0.15, 0.2) is 24.3 Å². The van der Waals surface area contributed by atoms with Gasteiger partial charge < -0.3 is 10.6 Å². The van der Waals surface area contributed by atoms with Crippen molar-refractivity contribution in [2.24, 2.45) is 0 Å². The molecule has 0 heterocycles. The van der Waals surface area contributed by atoms with E-state index in [9.17, 15) is 4.79 Å². The number of nitrogens with one attached hydrogen (secondary N) is 2. The molecule has 0 unspecified atom stereocenters. The quantitative estimate of drug-likeness (QED) is 0.771. The van der Waals surface area contributed by atoms with Crippen LogP contribution in [0.4, 0.5) is 5.69 Å². The number of carbonyl (C=O) groups is 1. The SMILES string of the molecule is CCNC(=O)CNc1cccc(CC)c1. The summed E-state index contributed by atoms with van der Waals surface area (Å²) in [5, 5.41) is 5.83. The summed E-state index contributed by atoms with van der Waals surface area (Å²) in [4.78, 5) is 11.2. The second-order valence-electron chi connectivity index (χ2n) is 3.36. The zero-order chi connectivity index (χ0) is 11.1. The Kier molecular flexibility index (Phi) is 4.68. The first-order chi connectivity index (χ1) is 7.26. The van der Waals surface area contributed by atoms with Gasteiger partial charge in [0.2, 0.25) is 5.91 Å². The lowest BCUT2D eigenvalue weighted by molar-refractivity contribution is -0.119. The van der Waals surface area contributed by atoms with E-state index < -0.39 is 0 Å². The molecule has 15 heavy (non-hydrogen) atoms. The number of hydrogen-bond donors (Lipinski definition) is 2. The molecule has 0 aliphatic rings. The molecule has 1 aromatic rings. The van der Waals surface area contributed by atoms with Crippen molar-refractivity contribution in [1.29, 1.82) is 0 Å². The van der Waals surface area contributed by atoms with Gasteiger partial charge in [-0.2, -0.15) is 0 Å². The normalized spacial score (nSPS) is 9.73. The highest BCUT2D eigenvalue weighted by molar-refractivity contribution is 5.80. The van der Waals surface area contributed by atoms with E-state index >= 15 is 0 Å². The third-order valence-electron chi connectivity index (χ3n) is 2.16. The second kappa shape index (κ2) is 6.06. The molecule has 0 aromatic heterocycles. The van der Waals surface area contributed by atoms with Crippen LogP contribution in [0.5, 0.6) is 0 Å². The fourth-order valence-electron chi connectivity index (χ4n) is 1.34. The van der Waals surface area contributed by atoms with Crippen molar-refractivity contribution in [3.05, 3.63) is 29.8 Å². The Bertz CT molecular complexity index is 323. The van der Waals surface area contributed by atoms with Crippen LogP contribution in [-0.4, -0.2) is 19.0 Å². The predicted octanol–water partition coefficient (Wildman–Crippen LogP) is 1.80. The molecule has 0 saturated heterocycles. The first-order valence-corrected chi connectivity index (χ1v) is 5.35. The first-order valence-electron chi connectivity index (χ1n) is 5.35. The summed E-state index contributed by atoms with van der Waals surface area (Å²) < 4.78 is 0. The van der Waals surface area contributed by atoms with Gasteiger partial charge in [-0.1, -0.05) is 19.1 Å².